The van der Waals surface area contributed by atoms with Crippen LogP contribution in [0.15, 0.2) is 30.5 Å². The predicted molar refractivity (Wildman–Crippen MR) is 112 cm³/mol. The van der Waals surface area contributed by atoms with Gasteiger partial charge in [0.15, 0.2) is 0 Å². The molecule has 2 aromatic rings. The molecule has 1 aromatic carbocycles. The number of anilines is 2. The van der Waals surface area contributed by atoms with E-state index in [1.54, 1.807) is 0 Å². The summed E-state index contributed by atoms with van der Waals surface area (Å²) in [6, 6.07) is 6.81. The Morgan fingerprint density at radius 1 is 1.17 bits per heavy atom. The van der Waals surface area contributed by atoms with E-state index in [1.807, 2.05) is 41.8 Å². The Kier molecular flexibility index (Phi) is 6.88. The van der Waals surface area contributed by atoms with Crippen molar-refractivity contribution in [3.63, 3.8) is 0 Å². The Bertz CT molecular complexity index is 920. The maximum atomic E-state index is 12.8. The van der Waals surface area contributed by atoms with Gasteiger partial charge in [0.25, 0.3) is 0 Å². The van der Waals surface area contributed by atoms with Gasteiger partial charge in [0.1, 0.15) is 5.82 Å². The number of carbonyl (C=O) groups is 1. The van der Waals surface area contributed by atoms with Crippen LogP contribution in [-0.2, 0) is 11.0 Å². The van der Waals surface area contributed by atoms with E-state index in [9.17, 15) is 18.0 Å². The van der Waals surface area contributed by atoms with E-state index in [1.165, 1.54) is 0 Å². The van der Waals surface area contributed by atoms with Crippen LogP contribution in [0.4, 0.5) is 24.7 Å². The molecule has 1 N–H and O–H groups in total. The molecule has 3 rings (SSSR count). The van der Waals surface area contributed by atoms with Gasteiger partial charge in [-0.15, -0.1) is 0 Å². The lowest BCUT2D eigenvalue weighted by Gasteiger charge is -2.24. The number of rotatable bonds is 4. The fraction of sp³-hybridized carbons (Fsp3) is 0.429. The van der Waals surface area contributed by atoms with Crippen molar-refractivity contribution in [3.8, 4) is 0 Å². The fourth-order valence-electron chi connectivity index (χ4n) is 3.42. The molecule has 9 heteroatoms. The number of nitrogens with one attached hydrogen (secondary N) is 1. The number of aryl methyl sites for hydroxylation is 2. The van der Waals surface area contributed by atoms with Gasteiger partial charge in [-0.2, -0.15) is 13.2 Å². The van der Waals surface area contributed by atoms with Crippen molar-refractivity contribution < 1.29 is 18.0 Å². The maximum absolute atomic E-state index is 12.8. The first-order valence-electron chi connectivity index (χ1n) is 9.70. The lowest BCUT2D eigenvalue weighted by molar-refractivity contribution is -0.137. The largest absolute Gasteiger partial charge is 0.417 e. The number of nitrogens with zero attached hydrogens (tertiary/aromatic N) is 3. The second-order valence-corrected chi connectivity index (χ2v) is 7.92. The van der Waals surface area contributed by atoms with Gasteiger partial charge in [-0.05, 0) is 43.5 Å². The van der Waals surface area contributed by atoms with Crippen LogP contribution in [-0.4, -0.2) is 48.5 Å². The summed E-state index contributed by atoms with van der Waals surface area (Å²) in [5.41, 5.74) is 2.01. The smallest absolute Gasteiger partial charge is 0.354 e. The number of aromatic nitrogens is 1. The molecular formula is C21H24ClF3N4O. The molecule has 162 valence electrons. The molecule has 2 heterocycles. The van der Waals surface area contributed by atoms with Gasteiger partial charge in [-0.25, -0.2) is 4.98 Å². The predicted octanol–water partition coefficient (Wildman–Crippen LogP) is 4.52. The molecule has 0 radical (unpaired) electrons. The van der Waals surface area contributed by atoms with Crippen LogP contribution in [0.1, 0.15) is 23.1 Å². The SMILES string of the molecule is Cc1ccc(C)c(NC(=O)CN2CCCN(c3ncc(C(F)(F)F)cc3Cl)CC2)c1. The van der Waals surface area contributed by atoms with Crippen LogP contribution in [0.5, 0.6) is 0 Å². The first kappa shape index (κ1) is 22.4. The van der Waals surface area contributed by atoms with Gasteiger partial charge >= 0.3 is 6.18 Å². The quantitative estimate of drug-likeness (QED) is 0.759. The van der Waals surface area contributed by atoms with Gasteiger partial charge < -0.3 is 10.2 Å². The third-order valence-electron chi connectivity index (χ3n) is 5.07. The minimum atomic E-state index is -4.48. The number of halogens is 4. The zero-order valence-corrected chi connectivity index (χ0v) is 17.6. The molecule has 0 bridgehead atoms. The molecule has 1 aliphatic heterocycles. The van der Waals surface area contributed by atoms with Gasteiger partial charge in [-0.3, -0.25) is 9.69 Å². The summed E-state index contributed by atoms with van der Waals surface area (Å²) in [6.07, 6.45) is -2.93. The van der Waals surface area contributed by atoms with Crippen molar-refractivity contribution in [3.05, 3.63) is 52.2 Å². The van der Waals surface area contributed by atoms with Gasteiger partial charge in [0.05, 0.1) is 17.1 Å². The number of benzene rings is 1. The Morgan fingerprint density at radius 3 is 2.63 bits per heavy atom. The summed E-state index contributed by atoms with van der Waals surface area (Å²) < 4.78 is 38.5. The maximum Gasteiger partial charge on any atom is 0.417 e. The average Bonchev–Trinajstić information content (AvgIpc) is 2.89. The molecule has 0 spiro atoms. The Hall–Kier alpha value is -2.32. The molecule has 1 aliphatic rings. The minimum absolute atomic E-state index is 0.0223. The van der Waals surface area contributed by atoms with Crippen molar-refractivity contribution in [2.24, 2.45) is 0 Å². The van der Waals surface area contributed by atoms with Crippen LogP contribution in [0.3, 0.4) is 0 Å². The molecule has 0 atom stereocenters. The van der Waals surface area contributed by atoms with Crippen molar-refractivity contribution in [1.82, 2.24) is 9.88 Å². The van der Waals surface area contributed by atoms with Crippen LogP contribution in [0, 0.1) is 13.8 Å². The van der Waals surface area contributed by atoms with Gasteiger partial charge in [-0.1, -0.05) is 23.7 Å². The zero-order valence-electron chi connectivity index (χ0n) is 16.9. The molecular weight excluding hydrogens is 417 g/mol. The summed E-state index contributed by atoms with van der Waals surface area (Å²) in [5.74, 6) is 0.245. The molecule has 1 amide bonds. The van der Waals surface area contributed by atoms with Gasteiger partial charge in [0, 0.05) is 38.1 Å². The summed E-state index contributed by atoms with van der Waals surface area (Å²) in [7, 11) is 0. The third-order valence-corrected chi connectivity index (χ3v) is 5.35. The van der Waals surface area contributed by atoms with Crippen molar-refractivity contribution >= 4 is 29.0 Å². The number of hydrogen-bond donors (Lipinski definition) is 1. The summed E-state index contributed by atoms with van der Waals surface area (Å²) >= 11 is 6.08. The molecule has 1 aromatic heterocycles. The molecule has 0 saturated carbocycles. The van der Waals surface area contributed by atoms with E-state index < -0.39 is 11.7 Å². The second-order valence-electron chi connectivity index (χ2n) is 7.51. The fourth-order valence-corrected chi connectivity index (χ4v) is 3.71. The number of amides is 1. The standard InChI is InChI=1S/C21H24ClF3N4O/c1-14-4-5-15(2)18(10-14)27-19(30)13-28-6-3-7-29(9-8-28)20-17(22)11-16(12-26-20)21(23,24)25/h4-5,10-12H,3,6-9,13H2,1-2H3,(H,27,30). The van der Waals surface area contributed by atoms with Crippen molar-refractivity contribution in [1.29, 1.82) is 0 Å². The number of carbonyl (C=O) groups excluding carboxylic acids is 1. The van der Waals surface area contributed by atoms with Crippen molar-refractivity contribution in [2.75, 3.05) is 42.9 Å². The second kappa shape index (κ2) is 9.22. The highest BCUT2D eigenvalue weighted by Gasteiger charge is 2.32. The normalized spacial score (nSPS) is 15.7. The zero-order chi connectivity index (χ0) is 21.9. The average molecular weight is 441 g/mol. The van der Waals surface area contributed by atoms with Crippen molar-refractivity contribution in [2.45, 2.75) is 26.4 Å². The summed E-state index contributed by atoms with van der Waals surface area (Å²) in [6.45, 7) is 6.57. The van der Waals surface area contributed by atoms with Crippen LogP contribution < -0.4 is 10.2 Å². The molecule has 30 heavy (non-hydrogen) atoms. The van der Waals surface area contributed by atoms with E-state index in [0.717, 1.165) is 35.5 Å². The topological polar surface area (TPSA) is 48.5 Å². The molecule has 0 unspecified atom stereocenters. The Morgan fingerprint density at radius 2 is 1.93 bits per heavy atom. The minimum Gasteiger partial charge on any atom is -0.354 e. The van der Waals surface area contributed by atoms with E-state index in [2.05, 4.69) is 10.3 Å². The van der Waals surface area contributed by atoms with E-state index >= 15 is 0 Å². The molecule has 1 saturated heterocycles. The third kappa shape index (κ3) is 5.64. The monoisotopic (exact) mass is 440 g/mol. The Labute approximate surface area is 178 Å². The van der Waals surface area contributed by atoms with E-state index in [-0.39, 0.29) is 17.5 Å². The highest BCUT2D eigenvalue weighted by Crippen LogP contribution is 2.33. The molecule has 1 fully saturated rings. The first-order valence-corrected chi connectivity index (χ1v) is 10.1. The highest BCUT2D eigenvalue weighted by atomic mass is 35.5. The Balaban J connectivity index is 1.60. The number of alkyl halides is 3. The number of hydrogen-bond acceptors (Lipinski definition) is 4. The molecule has 5 nitrogen and oxygen atoms in total. The molecule has 0 aliphatic carbocycles. The van der Waals surface area contributed by atoms with Gasteiger partial charge in [0.2, 0.25) is 5.91 Å². The summed E-state index contributed by atoms with van der Waals surface area (Å²) in [5, 5.41) is 2.93. The first-order chi connectivity index (χ1) is 14.1. The summed E-state index contributed by atoms with van der Waals surface area (Å²) in [4.78, 5) is 20.3. The highest BCUT2D eigenvalue weighted by molar-refractivity contribution is 6.33. The lowest BCUT2D eigenvalue weighted by atomic mass is 10.1. The lowest BCUT2D eigenvalue weighted by Crippen LogP contribution is -2.36. The van der Waals surface area contributed by atoms with E-state index in [0.29, 0.717) is 32.0 Å². The van der Waals surface area contributed by atoms with Crippen LogP contribution in [0.25, 0.3) is 0 Å². The van der Waals surface area contributed by atoms with Crippen LogP contribution >= 0.6 is 11.6 Å². The van der Waals surface area contributed by atoms with E-state index in [4.69, 9.17) is 11.6 Å². The number of pyridine rings is 1. The van der Waals surface area contributed by atoms with Crippen LogP contribution in [0.2, 0.25) is 5.02 Å².